The predicted octanol–water partition coefficient (Wildman–Crippen LogP) is 5.46. The lowest BCUT2D eigenvalue weighted by Gasteiger charge is -2.09. The van der Waals surface area contributed by atoms with E-state index in [4.69, 9.17) is 4.74 Å². The van der Waals surface area contributed by atoms with Crippen molar-refractivity contribution in [1.29, 1.82) is 0 Å². The maximum absolute atomic E-state index is 12.7. The number of carbonyl (C=O) groups excluding carboxylic acids is 1. The number of aromatic nitrogens is 1. The first-order valence-corrected chi connectivity index (χ1v) is 9.64. The van der Waals surface area contributed by atoms with Gasteiger partial charge < -0.3 is 15.4 Å². The molecule has 0 bridgehead atoms. The molecule has 0 aliphatic carbocycles. The second-order valence-electron chi connectivity index (χ2n) is 6.24. The van der Waals surface area contributed by atoms with E-state index in [1.165, 1.54) is 16.9 Å². The zero-order valence-corrected chi connectivity index (χ0v) is 16.7. The Morgan fingerprint density at radius 3 is 2.63 bits per heavy atom. The van der Waals surface area contributed by atoms with Gasteiger partial charge in [-0.3, -0.25) is 4.79 Å². The summed E-state index contributed by atoms with van der Waals surface area (Å²) >= 11 is 1.33. The van der Waals surface area contributed by atoms with Crippen LogP contribution in [-0.4, -0.2) is 17.5 Å². The Balaban J connectivity index is 1.78. The summed E-state index contributed by atoms with van der Waals surface area (Å²) in [5, 5.41) is 6.87. The van der Waals surface area contributed by atoms with E-state index in [2.05, 4.69) is 15.6 Å². The van der Waals surface area contributed by atoms with Crippen LogP contribution in [0, 0.1) is 20.8 Å². The monoisotopic (exact) mass is 381 g/mol. The van der Waals surface area contributed by atoms with Gasteiger partial charge in [-0.05, 0) is 63.1 Å². The van der Waals surface area contributed by atoms with E-state index < -0.39 is 0 Å². The molecule has 0 atom stereocenters. The Morgan fingerprint density at radius 2 is 1.89 bits per heavy atom. The molecule has 0 spiro atoms. The van der Waals surface area contributed by atoms with Crippen molar-refractivity contribution in [3.05, 3.63) is 64.2 Å². The number of carbonyl (C=O) groups is 1. The van der Waals surface area contributed by atoms with Crippen LogP contribution in [0.1, 0.15) is 33.4 Å². The highest BCUT2D eigenvalue weighted by Gasteiger charge is 2.16. The molecular formula is C21H23N3O2S. The van der Waals surface area contributed by atoms with Crippen LogP contribution in [0.2, 0.25) is 0 Å². The number of aryl methyl sites for hydroxylation is 3. The highest BCUT2D eigenvalue weighted by molar-refractivity contribution is 7.17. The van der Waals surface area contributed by atoms with E-state index in [1.807, 2.05) is 70.2 Å². The minimum absolute atomic E-state index is 0.153. The maximum atomic E-state index is 12.7. The van der Waals surface area contributed by atoms with Crippen LogP contribution in [0.15, 0.2) is 42.5 Å². The third-order valence-corrected chi connectivity index (χ3v) is 5.27. The van der Waals surface area contributed by atoms with Crippen LogP contribution in [0.5, 0.6) is 5.75 Å². The van der Waals surface area contributed by atoms with E-state index in [0.29, 0.717) is 22.3 Å². The summed E-state index contributed by atoms with van der Waals surface area (Å²) in [6.45, 7) is 8.44. The number of para-hydroxylation sites is 2. The number of benzene rings is 2. The van der Waals surface area contributed by atoms with Crippen molar-refractivity contribution in [2.75, 3.05) is 17.2 Å². The van der Waals surface area contributed by atoms with Crippen molar-refractivity contribution in [3.8, 4) is 5.75 Å². The summed E-state index contributed by atoms with van der Waals surface area (Å²) in [7, 11) is 0. The number of rotatable bonds is 6. The molecule has 27 heavy (non-hydrogen) atoms. The lowest BCUT2D eigenvalue weighted by molar-refractivity contribution is 0.103. The van der Waals surface area contributed by atoms with Gasteiger partial charge in [0.05, 0.1) is 18.0 Å². The number of hydrogen-bond acceptors (Lipinski definition) is 5. The number of nitrogens with one attached hydrogen (secondary N) is 2. The van der Waals surface area contributed by atoms with E-state index in [-0.39, 0.29) is 5.91 Å². The van der Waals surface area contributed by atoms with Crippen LogP contribution in [0.3, 0.4) is 0 Å². The molecule has 0 radical (unpaired) electrons. The van der Waals surface area contributed by atoms with Crippen LogP contribution in [0.25, 0.3) is 0 Å². The molecule has 0 saturated carbocycles. The minimum atomic E-state index is -0.153. The molecule has 2 aromatic carbocycles. The van der Waals surface area contributed by atoms with Crippen molar-refractivity contribution in [2.24, 2.45) is 0 Å². The topological polar surface area (TPSA) is 63.2 Å². The van der Waals surface area contributed by atoms with Gasteiger partial charge in [0, 0.05) is 5.69 Å². The highest BCUT2D eigenvalue weighted by Crippen LogP contribution is 2.31. The predicted molar refractivity (Wildman–Crippen MR) is 112 cm³/mol. The second kappa shape index (κ2) is 8.22. The van der Waals surface area contributed by atoms with Crippen molar-refractivity contribution in [1.82, 2.24) is 4.98 Å². The molecule has 1 aromatic heterocycles. The largest absolute Gasteiger partial charge is 0.492 e. The van der Waals surface area contributed by atoms with Crippen molar-refractivity contribution in [2.45, 2.75) is 27.7 Å². The van der Waals surface area contributed by atoms with Gasteiger partial charge >= 0.3 is 0 Å². The molecule has 5 nitrogen and oxygen atoms in total. The molecule has 0 saturated heterocycles. The van der Waals surface area contributed by atoms with Crippen molar-refractivity contribution >= 4 is 33.8 Å². The van der Waals surface area contributed by atoms with Gasteiger partial charge in [0.1, 0.15) is 10.6 Å². The smallest absolute Gasteiger partial charge is 0.267 e. The lowest BCUT2D eigenvalue weighted by atomic mass is 10.1. The molecule has 0 aliphatic rings. The van der Waals surface area contributed by atoms with Gasteiger partial charge in [0.2, 0.25) is 0 Å². The summed E-state index contributed by atoms with van der Waals surface area (Å²) < 4.78 is 5.63. The highest BCUT2D eigenvalue weighted by atomic mass is 32.1. The summed E-state index contributed by atoms with van der Waals surface area (Å²) in [4.78, 5) is 17.8. The number of anilines is 3. The summed E-state index contributed by atoms with van der Waals surface area (Å²) in [6, 6.07) is 13.6. The van der Waals surface area contributed by atoms with Crippen molar-refractivity contribution in [3.63, 3.8) is 0 Å². The Morgan fingerprint density at radius 1 is 1.11 bits per heavy atom. The lowest BCUT2D eigenvalue weighted by Crippen LogP contribution is -2.11. The zero-order chi connectivity index (χ0) is 19.4. The Bertz CT molecular complexity index is 966. The van der Waals surface area contributed by atoms with E-state index in [0.717, 1.165) is 22.7 Å². The Kier molecular flexibility index (Phi) is 5.76. The van der Waals surface area contributed by atoms with Gasteiger partial charge in [-0.25, -0.2) is 4.98 Å². The molecule has 0 unspecified atom stereocenters. The van der Waals surface area contributed by atoms with Gasteiger partial charge in [-0.15, -0.1) is 0 Å². The molecule has 140 valence electrons. The first-order chi connectivity index (χ1) is 13.0. The third-order valence-electron chi connectivity index (χ3n) is 4.20. The fourth-order valence-electron chi connectivity index (χ4n) is 2.63. The first kappa shape index (κ1) is 18.9. The molecule has 0 fully saturated rings. The molecule has 1 amide bonds. The van der Waals surface area contributed by atoms with Gasteiger partial charge in [-0.2, -0.15) is 0 Å². The first-order valence-electron chi connectivity index (χ1n) is 8.82. The molecule has 2 N–H and O–H groups in total. The number of hydrogen-bond donors (Lipinski definition) is 2. The Hall–Kier alpha value is -2.86. The molecule has 3 rings (SSSR count). The summed E-state index contributed by atoms with van der Waals surface area (Å²) in [6.07, 6.45) is 0. The van der Waals surface area contributed by atoms with Crippen LogP contribution >= 0.6 is 11.3 Å². The van der Waals surface area contributed by atoms with Gasteiger partial charge in [0.25, 0.3) is 5.91 Å². The third kappa shape index (κ3) is 4.46. The van der Waals surface area contributed by atoms with Crippen LogP contribution < -0.4 is 15.4 Å². The fraction of sp³-hybridized carbons (Fsp3) is 0.238. The molecular weight excluding hydrogens is 358 g/mol. The maximum Gasteiger partial charge on any atom is 0.267 e. The number of nitrogens with zero attached hydrogens (tertiary/aromatic N) is 1. The summed E-state index contributed by atoms with van der Waals surface area (Å²) in [5.74, 6) is 0.605. The summed E-state index contributed by atoms with van der Waals surface area (Å²) in [5.41, 5.74) is 4.64. The molecule has 0 aliphatic heterocycles. The number of thiazole rings is 1. The van der Waals surface area contributed by atoms with E-state index in [1.54, 1.807) is 0 Å². The quantitative estimate of drug-likeness (QED) is 0.595. The minimum Gasteiger partial charge on any atom is -0.492 e. The second-order valence-corrected chi connectivity index (χ2v) is 7.24. The Labute approximate surface area is 163 Å². The SMILES string of the molecule is CCOc1ccccc1Nc1nc(C)c(C(=O)Nc2ccc(C)c(C)c2)s1. The number of amides is 1. The van der Waals surface area contributed by atoms with Crippen LogP contribution in [-0.2, 0) is 0 Å². The molecule has 1 heterocycles. The molecule has 6 heteroatoms. The molecule has 3 aromatic rings. The van der Waals surface area contributed by atoms with Gasteiger partial charge in [0.15, 0.2) is 5.13 Å². The van der Waals surface area contributed by atoms with E-state index >= 15 is 0 Å². The van der Waals surface area contributed by atoms with Crippen molar-refractivity contribution < 1.29 is 9.53 Å². The number of ether oxygens (including phenoxy) is 1. The van der Waals surface area contributed by atoms with E-state index in [9.17, 15) is 4.79 Å². The average Bonchev–Trinajstić information content (AvgIpc) is 3.00. The fourth-order valence-corrected chi connectivity index (χ4v) is 3.51. The standard InChI is InChI=1S/C21H23N3O2S/c1-5-26-18-9-7-6-8-17(18)24-21-22-15(4)19(27-21)20(25)23-16-11-10-13(2)14(3)12-16/h6-12H,5H2,1-4H3,(H,22,24)(H,23,25). The normalized spacial score (nSPS) is 10.5. The van der Waals surface area contributed by atoms with Gasteiger partial charge in [-0.1, -0.05) is 29.5 Å². The zero-order valence-electron chi connectivity index (χ0n) is 15.9. The average molecular weight is 382 g/mol. The van der Waals surface area contributed by atoms with Crippen LogP contribution in [0.4, 0.5) is 16.5 Å².